The van der Waals surface area contributed by atoms with Gasteiger partial charge < -0.3 is 14.8 Å². The van der Waals surface area contributed by atoms with Crippen LogP contribution in [0.3, 0.4) is 0 Å². The zero-order valence-electron chi connectivity index (χ0n) is 15.0. The minimum absolute atomic E-state index is 0.127. The monoisotopic (exact) mass is 410 g/mol. The molecule has 1 N–H and O–H groups in total. The molecule has 2 rings (SSSR count). The van der Waals surface area contributed by atoms with Gasteiger partial charge >= 0.3 is 5.97 Å². The van der Waals surface area contributed by atoms with Crippen molar-refractivity contribution in [3.8, 4) is 5.75 Å². The smallest absolute Gasteiger partial charge is 0.306 e. The summed E-state index contributed by atoms with van der Waals surface area (Å²) in [5, 5.41) is 3.05. The highest BCUT2D eigenvalue weighted by molar-refractivity contribution is 6.36. The van der Waals surface area contributed by atoms with Crippen LogP contribution in [0.5, 0.6) is 5.75 Å². The number of hydrogen-bond acceptors (Lipinski definition) is 5. The summed E-state index contributed by atoms with van der Waals surface area (Å²) < 4.78 is 10.7. The number of carbonyl (C=O) groups is 2. The third-order valence-electron chi connectivity index (χ3n) is 3.60. The standard InChI is InChI=1S/C19H20Cl2N2O4/c1-3-26-16-7-5-4-6-13(16)8-9-17(24)27-12(2)19(25)23-18-15(21)10-14(20)11-22-18/h4-7,10-12H,3,8-9H2,1-2H3,(H,22,23,25)/t12-/m1/s1. The number of hydrogen-bond donors (Lipinski definition) is 1. The third-order valence-corrected chi connectivity index (χ3v) is 4.09. The zero-order chi connectivity index (χ0) is 19.8. The summed E-state index contributed by atoms with van der Waals surface area (Å²) in [7, 11) is 0. The van der Waals surface area contributed by atoms with Crippen molar-refractivity contribution in [2.45, 2.75) is 32.8 Å². The van der Waals surface area contributed by atoms with Crippen LogP contribution in [0, 0.1) is 0 Å². The van der Waals surface area contributed by atoms with E-state index < -0.39 is 18.0 Å². The van der Waals surface area contributed by atoms with Crippen molar-refractivity contribution in [2.24, 2.45) is 0 Å². The van der Waals surface area contributed by atoms with Crippen LogP contribution in [0.2, 0.25) is 10.0 Å². The highest BCUT2D eigenvalue weighted by Gasteiger charge is 2.19. The maximum atomic E-state index is 12.2. The van der Waals surface area contributed by atoms with Gasteiger partial charge in [-0.15, -0.1) is 0 Å². The van der Waals surface area contributed by atoms with Crippen molar-refractivity contribution in [2.75, 3.05) is 11.9 Å². The van der Waals surface area contributed by atoms with E-state index in [0.717, 1.165) is 11.3 Å². The Bertz CT molecular complexity index is 814. The molecule has 0 bridgehead atoms. The first-order valence-electron chi connectivity index (χ1n) is 8.42. The first kappa shape index (κ1) is 21.0. The van der Waals surface area contributed by atoms with Gasteiger partial charge in [0, 0.05) is 12.6 Å². The maximum Gasteiger partial charge on any atom is 0.306 e. The van der Waals surface area contributed by atoms with Crippen molar-refractivity contribution < 1.29 is 19.1 Å². The van der Waals surface area contributed by atoms with Crippen LogP contribution in [0.4, 0.5) is 5.82 Å². The van der Waals surface area contributed by atoms with Crippen LogP contribution in [-0.4, -0.2) is 29.6 Å². The molecule has 0 aliphatic rings. The topological polar surface area (TPSA) is 77.5 Å². The molecule has 0 unspecified atom stereocenters. The molecule has 6 nitrogen and oxygen atoms in total. The number of aromatic nitrogens is 1. The normalized spacial score (nSPS) is 11.6. The summed E-state index contributed by atoms with van der Waals surface area (Å²) in [5.74, 6) is -0.129. The first-order valence-corrected chi connectivity index (χ1v) is 9.18. The minimum atomic E-state index is -0.992. The maximum absolute atomic E-state index is 12.2. The fraction of sp³-hybridized carbons (Fsp3) is 0.316. The van der Waals surface area contributed by atoms with E-state index in [0.29, 0.717) is 18.1 Å². The quantitative estimate of drug-likeness (QED) is 0.656. The Balaban J connectivity index is 1.87. The Morgan fingerprint density at radius 3 is 2.70 bits per heavy atom. The highest BCUT2D eigenvalue weighted by atomic mass is 35.5. The van der Waals surface area contributed by atoms with Crippen LogP contribution in [0.25, 0.3) is 0 Å². The highest BCUT2D eigenvalue weighted by Crippen LogP contribution is 2.23. The van der Waals surface area contributed by atoms with Gasteiger partial charge in [0.25, 0.3) is 5.91 Å². The number of rotatable bonds is 8. The van der Waals surface area contributed by atoms with Crippen LogP contribution < -0.4 is 10.1 Å². The molecule has 0 radical (unpaired) electrons. The van der Waals surface area contributed by atoms with E-state index in [2.05, 4.69) is 10.3 Å². The average molecular weight is 411 g/mol. The van der Waals surface area contributed by atoms with Crippen molar-refractivity contribution in [1.82, 2.24) is 4.98 Å². The molecule has 1 aromatic heterocycles. The SMILES string of the molecule is CCOc1ccccc1CCC(=O)O[C@H](C)C(=O)Nc1ncc(Cl)cc1Cl. The Kier molecular flexibility index (Phi) is 7.88. The van der Waals surface area contributed by atoms with E-state index >= 15 is 0 Å². The number of para-hydroxylation sites is 1. The Hall–Kier alpha value is -2.31. The molecule has 0 aliphatic carbocycles. The van der Waals surface area contributed by atoms with E-state index in [1.807, 2.05) is 31.2 Å². The predicted octanol–water partition coefficient (Wildman–Crippen LogP) is 4.29. The van der Waals surface area contributed by atoms with Gasteiger partial charge in [-0.05, 0) is 38.0 Å². The summed E-state index contributed by atoms with van der Waals surface area (Å²) in [6.07, 6.45) is 0.943. The number of halogens is 2. The van der Waals surface area contributed by atoms with Crippen LogP contribution in [-0.2, 0) is 20.7 Å². The van der Waals surface area contributed by atoms with E-state index in [9.17, 15) is 9.59 Å². The number of pyridine rings is 1. The molecule has 0 saturated carbocycles. The van der Waals surface area contributed by atoms with Gasteiger partial charge in [0.05, 0.1) is 16.7 Å². The molecule has 1 aromatic carbocycles. The lowest BCUT2D eigenvalue weighted by molar-refractivity contribution is -0.153. The van der Waals surface area contributed by atoms with Gasteiger partial charge in [-0.1, -0.05) is 41.4 Å². The van der Waals surface area contributed by atoms with Crippen LogP contribution in [0.15, 0.2) is 36.5 Å². The summed E-state index contributed by atoms with van der Waals surface area (Å²) >= 11 is 11.7. The fourth-order valence-electron chi connectivity index (χ4n) is 2.28. The molecule has 144 valence electrons. The molecule has 8 heteroatoms. The van der Waals surface area contributed by atoms with Crippen molar-refractivity contribution in [3.63, 3.8) is 0 Å². The lowest BCUT2D eigenvalue weighted by atomic mass is 10.1. The van der Waals surface area contributed by atoms with Crippen LogP contribution >= 0.6 is 23.2 Å². The fourth-order valence-corrected chi connectivity index (χ4v) is 2.71. The molecular formula is C19H20Cl2N2O4. The average Bonchev–Trinajstić information content (AvgIpc) is 2.63. The molecule has 2 aromatic rings. The lowest BCUT2D eigenvalue weighted by Crippen LogP contribution is -2.30. The first-order chi connectivity index (χ1) is 12.9. The van der Waals surface area contributed by atoms with E-state index in [1.54, 1.807) is 0 Å². The minimum Gasteiger partial charge on any atom is -0.494 e. The van der Waals surface area contributed by atoms with E-state index in [4.69, 9.17) is 32.7 Å². The predicted molar refractivity (Wildman–Crippen MR) is 104 cm³/mol. The zero-order valence-corrected chi connectivity index (χ0v) is 16.5. The molecule has 0 fully saturated rings. The summed E-state index contributed by atoms with van der Waals surface area (Å²) in [5.41, 5.74) is 0.908. The molecular weight excluding hydrogens is 391 g/mol. The Morgan fingerprint density at radius 1 is 1.26 bits per heavy atom. The second-order valence-corrected chi connectivity index (χ2v) is 6.49. The van der Waals surface area contributed by atoms with Gasteiger partial charge in [-0.25, -0.2) is 4.98 Å². The van der Waals surface area contributed by atoms with E-state index in [1.165, 1.54) is 19.2 Å². The molecule has 0 aliphatic heterocycles. The third kappa shape index (κ3) is 6.41. The van der Waals surface area contributed by atoms with Crippen LogP contribution in [0.1, 0.15) is 25.8 Å². The van der Waals surface area contributed by atoms with Gasteiger partial charge in [-0.2, -0.15) is 0 Å². The van der Waals surface area contributed by atoms with Gasteiger partial charge in [0.2, 0.25) is 0 Å². The summed E-state index contributed by atoms with van der Waals surface area (Å²) in [6, 6.07) is 8.95. The summed E-state index contributed by atoms with van der Waals surface area (Å²) in [4.78, 5) is 28.2. The molecule has 1 amide bonds. The molecule has 0 spiro atoms. The second kappa shape index (κ2) is 10.1. The number of benzene rings is 1. The number of aryl methyl sites for hydroxylation is 1. The molecule has 0 saturated heterocycles. The van der Waals surface area contributed by atoms with Crippen molar-refractivity contribution in [1.29, 1.82) is 0 Å². The van der Waals surface area contributed by atoms with E-state index in [-0.39, 0.29) is 17.3 Å². The molecule has 27 heavy (non-hydrogen) atoms. The van der Waals surface area contributed by atoms with Crippen molar-refractivity contribution in [3.05, 3.63) is 52.1 Å². The number of esters is 1. The number of ether oxygens (including phenoxy) is 2. The number of nitrogens with zero attached hydrogens (tertiary/aromatic N) is 1. The van der Waals surface area contributed by atoms with Gasteiger partial charge in [0.1, 0.15) is 5.75 Å². The number of nitrogens with one attached hydrogen (secondary N) is 1. The number of anilines is 1. The molecule has 1 atom stereocenters. The van der Waals surface area contributed by atoms with Gasteiger partial charge in [-0.3, -0.25) is 9.59 Å². The summed E-state index contributed by atoms with van der Waals surface area (Å²) in [6.45, 7) is 3.91. The number of amides is 1. The second-order valence-electron chi connectivity index (χ2n) is 5.65. The lowest BCUT2D eigenvalue weighted by Gasteiger charge is -2.14. The largest absolute Gasteiger partial charge is 0.494 e. The van der Waals surface area contributed by atoms with Crippen molar-refractivity contribution >= 4 is 40.9 Å². The van der Waals surface area contributed by atoms with Gasteiger partial charge in [0.15, 0.2) is 11.9 Å². The molecule has 1 heterocycles. The Morgan fingerprint density at radius 2 is 2.00 bits per heavy atom. The number of carbonyl (C=O) groups excluding carboxylic acids is 2. The Labute approximate surface area is 167 Å².